The number of carboxylic acid groups (broad SMARTS) is 2. The zero-order valence-corrected chi connectivity index (χ0v) is 17.6. The van der Waals surface area contributed by atoms with Gasteiger partial charge in [0, 0.05) is 12.5 Å². The number of phenolic OH excluding ortho intramolecular Hbond substituents is 2. The first kappa shape index (κ1) is 25.0. The highest BCUT2D eigenvalue weighted by atomic mass is 16.6. The third-order valence-electron chi connectivity index (χ3n) is 4.60. The van der Waals surface area contributed by atoms with Crippen LogP contribution in [0.1, 0.15) is 11.1 Å². The number of hydrogen-bond donors (Lipinski definition) is 5. The third-order valence-corrected chi connectivity index (χ3v) is 4.60. The molecule has 0 heterocycles. The largest absolute Gasteiger partial charge is 0.504 e. The minimum absolute atomic E-state index is 0.0293. The van der Waals surface area contributed by atoms with Crippen molar-refractivity contribution in [3.8, 4) is 23.0 Å². The summed E-state index contributed by atoms with van der Waals surface area (Å²) < 4.78 is 15.0. The van der Waals surface area contributed by atoms with E-state index in [9.17, 15) is 39.9 Å². The zero-order valence-electron chi connectivity index (χ0n) is 17.6. The highest BCUT2D eigenvalue weighted by molar-refractivity contribution is 5.93. The van der Waals surface area contributed by atoms with Crippen LogP contribution < -0.4 is 9.47 Å². The lowest BCUT2D eigenvalue weighted by Gasteiger charge is -2.29. The summed E-state index contributed by atoms with van der Waals surface area (Å²) in [6.45, 7) is 0. The predicted octanol–water partition coefficient (Wildman–Crippen LogP) is 1.18. The minimum atomic E-state index is -3.08. The molecule has 33 heavy (non-hydrogen) atoms. The molecule has 2 aromatic carbocycles. The fourth-order valence-corrected chi connectivity index (χ4v) is 2.90. The molecule has 11 nitrogen and oxygen atoms in total. The summed E-state index contributed by atoms with van der Waals surface area (Å²) in [5.74, 6) is -5.41. The van der Waals surface area contributed by atoms with Gasteiger partial charge in [-0.3, -0.25) is 0 Å². The van der Waals surface area contributed by atoms with Crippen LogP contribution in [0.2, 0.25) is 0 Å². The van der Waals surface area contributed by atoms with Crippen LogP contribution in [-0.2, 0) is 25.5 Å². The van der Waals surface area contributed by atoms with Gasteiger partial charge in [0.1, 0.15) is 0 Å². The monoisotopic (exact) mass is 462 g/mol. The van der Waals surface area contributed by atoms with E-state index in [-0.39, 0.29) is 5.56 Å². The number of ether oxygens (including phenoxy) is 3. The molecule has 0 aromatic heterocycles. The third kappa shape index (κ3) is 5.92. The summed E-state index contributed by atoms with van der Waals surface area (Å²) in [5.41, 5.74) is -2.65. The molecule has 0 radical (unpaired) electrons. The summed E-state index contributed by atoms with van der Waals surface area (Å²) >= 11 is 0. The second kappa shape index (κ2) is 10.4. The molecule has 11 heteroatoms. The van der Waals surface area contributed by atoms with Crippen molar-refractivity contribution in [2.24, 2.45) is 0 Å². The predicted molar refractivity (Wildman–Crippen MR) is 112 cm³/mol. The van der Waals surface area contributed by atoms with E-state index in [4.69, 9.17) is 14.2 Å². The summed E-state index contributed by atoms with van der Waals surface area (Å²) in [6, 6.07) is 7.81. The first-order chi connectivity index (χ1) is 15.5. The molecule has 2 atom stereocenters. The van der Waals surface area contributed by atoms with Gasteiger partial charge in [0.25, 0.3) is 0 Å². The van der Waals surface area contributed by atoms with Crippen LogP contribution in [0.25, 0.3) is 6.08 Å². The maximum atomic E-state index is 12.2. The smallest absolute Gasteiger partial charge is 0.348 e. The molecule has 0 aliphatic heterocycles. The van der Waals surface area contributed by atoms with E-state index >= 15 is 0 Å². The van der Waals surface area contributed by atoms with Gasteiger partial charge >= 0.3 is 17.9 Å². The number of methoxy groups -OCH3 is 2. The Balaban J connectivity index is 2.26. The van der Waals surface area contributed by atoms with Crippen molar-refractivity contribution < 1.29 is 54.1 Å². The van der Waals surface area contributed by atoms with Crippen molar-refractivity contribution in [1.82, 2.24) is 0 Å². The molecule has 176 valence electrons. The molecule has 0 saturated carbocycles. The van der Waals surface area contributed by atoms with Crippen molar-refractivity contribution in [2.75, 3.05) is 14.2 Å². The van der Waals surface area contributed by atoms with Crippen molar-refractivity contribution in [1.29, 1.82) is 0 Å². The normalized spacial score (nSPS) is 13.7. The van der Waals surface area contributed by atoms with Crippen molar-refractivity contribution in [3.05, 3.63) is 53.6 Å². The van der Waals surface area contributed by atoms with Crippen molar-refractivity contribution in [3.63, 3.8) is 0 Å². The lowest BCUT2D eigenvalue weighted by atomic mass is 9.88. The zero-order chi connectivity index (χ0) is 24.8. The number of aromatic hydroxyl groups is 2. The van der Waals surface area contributed by atoms with E-state index in [1.807, 2.05) is 0 Å². The number of phenols is 2. The summed E-state index contributed by atoms with van der Waals surface area (Å²) in [5, 5.41) is 48.5. The lowest BCUT2D eigenvalue weighted by molar-refractivity contribution is -0.192. The summed E-state index contributed by atoms with van der Waals surface area (Å²) in [7, 11) is 2.86. The van der Waals surface area contributed by atoms with Crippen LogP contribution in [0.15, 0.2) is 42.5 Å². The molecular formula is C22H22O11. The van der Waals surface area contributed by atoms with E-state index in [0.29, 0.717) is 17.1 Å². The lowest BCUT2D eigenvalue weighted by Crippen LogP contribution is -2.56. The number of benzene rings is 2. The number of aliphatic hydroxyl groups is 1. The highest BCUT2D eigenvalue weighted by Crippen LogP contribution is 2.30. The first-order valence-corrected chi connectivity index (χ1v) is 9.32. The van der Waals surface area contributed by atoms with E-state index in [1.165, 1.54) is 32.4 Å². The second-order valence-corrected chi connectivity index (χ2v) is 6.83. The van der Waals surface area contributed by atoms with Gasteiger partial charge in [-0.15, -0.1) is 0 Å². The van der Waals surface area contributed by atoms with Crippen LogP contribution in [0.5, 0.6) is 23.0 Å². The highest BCUT2D eigenvalue weighted by Gasteiger charge is 2.51. The Morgan fingerprint density at radius 1 is 0.970 bits per heavy atom. The molecule has 2 rings (SSSR count). The number of carbonyl (C=O) groups excluding carboxylic acids is 1. The molecule has 0 bridgehead atoms. The Kier molecular flexibility index (Phi) is 7.86. The van der Waals surface area contributed by atoms with Gasteiger partial charge < -0.3 is 39.7 Å². The molecule has 0 fully saturated rings. The fraction of sp³-hybridized carbons (Fsp3) is 0.227. The molecule has 0 aliphatic rings. The van der Waals surface area contributed by atoms with Crippen LogP contribution in [-0.4, -0.2) is 69.4 Å². The average Bonchev–Trinajstić information content (AvgIpc) is 2.77. The SMILES string of the molecule is COc1ccc(C=CC(=O)O[C@H](C(=O)O)[C@](O)(Cc2ccc(O)c(O)c2)C(=O)O)cc1OC. The van der Waals surface area contributed by atoms with E-state index < -0.39 is 47.5 Å². The quantitative estimate of drug-likeness (QED) is 0.194. The molecule has 0 spiro atoms. The number of hydrogen-bond acceptors (Lipinski definition) is 9. The number of rotatable bonds is 10. The van der Waals surface area contributed by atoms with Crippen LogP contribution in [0.4, 0.5) is 0 Å². The van der Waals surface area contributed by atoms with Gasteiger partial charge in [-0.2, -0.15) is 0 Å². The van der Waals surface area contributed by atoms with Crippen molar-refractivity contribution in [2.45, 2.75) is 18.1 Å². The van der Waals surface area contributed by atoms with Gasteiger partial charge in [0.15, 0.2) is 23.0 Å². The fourth-order valence-electron chi connectivity index (χ4n) is 2.90. The van der Waals surface area contributed by atoms with Crippen LogP contribution in [0.3, 0.4) is 0 Å². The van der Waals surface area contributed by atoms with Crippen molar-refractivity contribution >= 4 is 24.0 Å². The minimum Gasteiger partial charge on any atom is -0.504 e. The maximum Gasteiger partial charge on any atom is 0.348 e. The Hall–Kier alpha value is -4.25. The Morgan fingerprint density at radius 2 is 1.64 bits per heavy atom. The van der Waals surface area contributed by atoms with Gasteiger partial charge in [-0.1, -0.05) is 12.1 Å². The van der Waals surface area contributed by atoms with Gasteiger partial charge in [0.2, 0.25) is 11.7 Å². The van der Waals surface area contributed by atoms with E-state index in [1.54, 1.807) is 12.1 Å². The summed E-state index contributed by atoms with van der Waals surface area (Å²) in [6.07, 6.45) is -1.22. The number of aliphatic carboxylic acids is 2. The topological polar surface area (TPSA) is 180 Å². The molecule has 0 aliphatic carbocycles. The molecule has 0 saturated heterocycles. The number of carboxylic acids is 2. The number of esters is 1. The summed E-state index contributed by atoms with van der Waals surface area (Å²) in [4.78, 5) is 35.7. The molecule has 0 amide bonds. The van der Waals surface area contributed by atoms with E-state index in [2.05, 4.69) is 0 Å². The second-order valence-electron chi connectivity index (χ2n) is 6.83. The van der Waals surface area contributed by atoms with Gasteiger partial charge in [-0.05, 0) is 41.5 Å². The van der Waals surface area contributed by atoms with E-state index in [0.717, 1.165) is 18.2 Å². The Bertz CT molecular complexity index is 1080. The molecule has 2 aromatic rings. The Labute approximate surface area is 187 Å². The average molecular weight is 462 g/mol. The molecular weight excluding hydrogens is 440 g/mol. The van der Waals surface area contributed by atoms with Gasteiger partial charge in [0.05, 0.1) is 14.2 Å². The van der Waals surface area contributed by atoms with Crippen LogP contribution >= 0.6 is 0 Å². The maximum absolute atomic E-state index is 12.2. The molecule has 5 N–H and O–H groups in total. The first-order valence-electron chi connectivity index (χ1n) is 9.32. The molecule has 0 unspecified atom stereocenters. The standard InChI is InChI=1S/C22H22O11/c1-31-16-7-4-12(10-17(16)32-2)5-8-18(25)33-19(20(26)27)22(30,21(28)29)11-13-3-6-14(23)15(24)9-13/h3-10,19,23-24,30H,11H2,1-2H3,(H,26,27)(H,28,29)/t19-,22-/m1/s1. The Morgan fingerprint density at radius 3 is 2.18 bits per heavy atom. The van der Waals surface area contributed by atoms with Gasteiger partial charge in [-0.25, -0.2) is 14.4 Å². The number of carbonyl (C=O) groups is 3. The van der Waals surface area contributed by atoms with Crippen LogP contribution in [0, 0.1) is 0 Å².